The molecule has 0 bridgehead atoms. The Kier molecular flexibility index (Phi) is 8.95. The Morgan fingerprint density at radius 3 is 1.44 bits per heavy atom. The van der Waals surface area contributed by atoms with Crippen LogP contribution in [0.2, 0.25) is 0 Å². The second-order valence-corrected chi connectivity index (χ2v) is 21.7. The van der Waals surface area contributed by atoms with Crippen LogP contribution in [-0.4, -0.2) is 11.3 Å². The summed E-state index contributed by atoms with van der Waals surface area (Å²) in [6.45, 7) is 14.2. The monoisotopic (exact) mass is 913 g/mol. The van der Waals surface area contributed by atoms with Crippen LogP contribution in [0.3, 0.4) is 0 Å². The summed E-state index contributed by atoms with van der Waals surface area (Å²) in [6, 6.07) is 72.1. The quantitative estimate of drug-likeness (QED) is 0.122. The first kappa shape index (κ1) is 42.1. The minimum atomic E-state index is -0.0345. The number of hydrogen-bond donors (Lipinski definition) is 0. The summed E-state index contributed by atoms with van der Waals surface area (Å²) in [5.41, 5.74) is 14.1. The summed E-state index contributed by atoms with van der Waals surface area (Å²) >= 11 is 0. The zero-order valence-electron chi connectivity index (χ0n) is 41.7. The van der Waals surface area contributed by atoms with E-state index in [1.165, 1.54) is 137 Å². The fourth-order valence-corrected chi connectivity index (χ4v) is 12.9. The van der Waals surface area contributed by atoms with Crippen LogP contribution in [0.25, 0.3) is 75.5 Å². The van der Waals surface area contributed by atoms with Gasteiger partial charge in [0, 0.05) is 40.7 Å². The lowest BCUT2D eigenvalue weighted by Crippen LogP contribution is -2.61. The zero-order valence-corrected chi connectivity index (χ0v) is 41.7. The smallest absolute Gasteiger partial charge is 0.255 e. The molecule has 1 aromatic heterocycles. The number of fused-ring (bicyclic) bond motifs is 18. The van der Waals surface area contributed by atoms with Gasteiger partial charge in [-0.1, -0.05) is 181 Å². The molecule has 0 atom stereocenters. The van der Waals surface area contributed by atoms with Gasteiger partial charge in [-0.25, -0.2) is 0 Å². The molecule has 3 nitrogen and oxygen atoms in total. The van der Waals surface area contributed by atoms with Gasteiger partial charge in [-0.05, 0) is 164 Å². The lowest BCUT2D eigenvalue weighted by Gasteiger charge is -2.44. The highest BCUT2D eigenvalue weighted by Gasteiger charge is 2.46. The second kappa shape index (κ2) is 15.1. The number of rotatable bonds is 6. The molecule has 0 N–H and O–H groups in total. The maximum absolute atomic E-state index is 2.65. The molecule has 11 aromatic carbocycles. The topological polar surface area (TPSA) is 11.4 Å². The molecule has 0 radical (unpaired) electrons. The van der Waals surface area contributed by atoms with Crippen molar-refractivity contribution in [2.75, 3.05) is 9.80 Å². The summed E-state index contributed by atoms with van der Waals surface area (Å²) in [5, 5.41) is 16.7. The number of nitrogens with zero attached hydrogens (tertiary/aromatic N) is 3. The maximum Gasteiger partial charge on any atom is 0.255 e. The van der Waals surface area contributed by atoms with Crippen LogP contribution in [0, 0.1) is 0 Å². The molecule has 0 spiro atoms. The van der Waals surface area contributed by atoms with Gasteiger partial charge >= 0.3 is 0 Å². The van der Waals surface area contributed by atoms with Crippen molar-refractivity contribution in [3.63, 3.8) is 0 Å². The first-order valence-corrected chi connectivity index (χ1v) is 25.7. The third kappa shape index (κ3) is 5.79. The van der Waals surface area contributed by atoms with Crippen LogP contribution in [0.1, 0.15) is 65.5 Å². The molecule has 71 heavy (non-hydrogen) atoms. The van der Waals surface area contributed by atoms with E-state index < -0.39 is 0 Å². The Balaban J connectivity index is 1.13. The van der Waals surface area contributed by atoms with Crippen molar-refractivity contribution < 1.29 is 0 Å². The Bertz CT molecular complexity index is 4170. The first-order chi connectivity index (χ1) is 34.6. The molecule has 2 aliphatic rings. The predicted molar refractivity (Wildman–Crippen MR) is 309 cm³/mol. The zero-order chi connectivity index (χ0) is 48.1. The van der Waals surface area contributed by atoms with Crippen molar-refractivity contribution in [2.45, 2.75) is 65.2 Å². The van der Waals surface area contributed by atoms with Crippen molar-refractivity contribution >= 4 is 133 Å². The van der Waals surface area contributed by atoms with Gasteiger partial charge in [0.15, 0.2) is 0 Å². The molecule has 2 aliphatic heterocycles. The summed E-state index contributed by atoms with van der Waals surface area (Å²) in [4.78, 5) is 5.25. The molecule has 12 aromatic rings. The average molecular weight is 914 g/mol. The van der Waals surface area contributed by atoms with E-state index in [1.54, 1.807) is 0 Å². The molecular formula is C67H56BN3. The van der Waals surface area contributed by atoms with E-state index in [-0.39, 0.29) is 17.5 Å². The Morgan fingerprint density at radius 2 is 0.845 bits per heavy atom. The lowest BCUT2D eigenvalue weighted by molar-refractivity contribution is 0.506. The van der Waals surface area contributed by atoms with Crippen LogP contribution in [0.5, 0.6) is 0 Å². The number of aryl methyl sites for hydroxylation is 1. The Morgan fingerprint density at radius 1 is 0.380 bits per heavy atom. The average Bonchev–Trinajstić information content (AvgIpc) is 3.71. The molecule has 3 heterocycles. The summed E-state index contributed by atoms with van der Waals surface area (Å²) in [5.74, 6) is 1.23. The fraction of sp³-hybridized carbons (Fsp3) is 0.164. The van der Waals surface area contributed by atoms with Gasteiger partial charge in [-0.3, -0.25) is 4.90 Å². The predicted octanol–water partition coefficient (Wildman–Crippen LogP) is 16.6. The van der Waals surface area contributed by atoms with Crippen LogP contribution in [-0.2, 0) is 17.9 Å². The summed E-state index contributed by atoms with van der Waals surface area (Å²) in [7, 11) is 2.31. The molecule has 0 unspecified atom stereocenters. The van der Waals surface area contributed by atoms with Gasteiger partial charge in [0.05, 0.1) is 5.69 Å². The SMILES string of the molecule is CCC(C)(C)c1ccc2c(c1)B1c3c(cccc3N(c3cccc4c5ccccc5c5ccccc5c34)c3c1c1cc(C(C)(C)CC)ccc1n3C)N2c1ccc2c3ccccc3c3ccccc3c2c1. The van der Waals surface area contributed by atoms with Crippen molar-refractivity contribution in [1.82, 2.24) is 4.57 Å². The van der Waals surface area contributed by atoms with E-state index in [0.29, 0.717) is 0 Å². The van der Waals surface area contributed by atoms with Crippen LogP contribution in [0.4, 0.5) is 34.3 Å². The largest absolute Gasteiger partial charge is 0.330 e. The lowest BCUT2D eigenvalue weighted by atomic mass is 9.33. The van der Waals surface area contributed by atoms with Gasteiger partial charge in [0.1, 0.15) is 5.82 Å². The summed E-state index contributed by atoms with van der Waals surface area (Å²) < 4.78 is 2.51. The maximum atomic E-state index is 2.65. The van der Waals surface area contributed by atoms with Gasteiger partial charge in [0.2, 0.25) is 0 Å². The highest BCUT2D eigenvalue weighted by atomic mass is 15.3. The molecular weight excluding hydrogens is 858 g/mol. The molecule has 0 amide bonds. The number of aromatic nitrogens is 1. The van der Waals surface area contributed by atoms with Crippen LogP contribution < -0.4 is 26.2 Å². The highest BCUT2D eigenvalue weighted by molar-refractivity contribution is 7.01. The standard InChI is InChI=1S/C67H56BN3/c1-8-66(3,4)41-32-36-57-55(38-41)63-65(69(57)7)71(59-29-18-28-53-49-24-14-12-23-47(49)48-25-16-17-27-52(48)62(53)59)61-31-19-30-60-64(61)68(63)56-39-42(67(5,6)9-2)33-37-58(56)70(60)43-34-35-51-46-22-11-10-20-44(46)45-21-13-15-26-50(45)54(51)40-43/h10-40H,8-9H2,1-7H3. The van der Waals surface area contributed by atoms with E-state index >= 15 is 0 Å². The van der Waals surface area contributed by atoms with Crippen molar-refractivity contribution in [1.29, 1.82) is 0 Å². The van der Waals surface area contributed by atoms with E-state index in [4.69, 9.17) is 0 Å². The molecule has 0 saturated heterocycles. The minimum Gasteiger partial charge on any atom is -0.330 e. The molecule has 0 saturated carbocycles. The summed E-state index contributed by atoms with van der Waals surface area (Å²) in [6.07, 6.45) is 2.09. The van der Waals surface area contributed by atoms with Crippen molar-refractivity contribution in [3.05, 3.63) is 199 Å². The molecule has 0 fully saturated rings. The van der Waals surface area contributed by atoms with Crippen molar-refractivity contribution in [3.8, 4) is 0 Å². The van der Waals surface area contributed by atoms with E-state index in [2.05, 4.69) is 251 Å². The normalized spacial score (nSPS) is 13.6. The van der Waals surface area contributed by atoms with E-state index in [0.717, 1.165) is 12.8 Å². The van der Waals surface area contributed by atoms with Crippen LogP contribution in [0.15, 0.2) is 188 Å². The third-order valence-corrected chi connectivity index (χ3v) is 17.4. The first-order valence-electron chi connectivity index (χ1n) is 25.7. The fourth-order valence-electron chi connectivity index (χ4n) is 12.9. The van der Waals surface area contributed by atoms with Gasteiger partial charge in [-0.2, -0.15) is 0 Å². The number of benzene rings is 11. The Labute approximate surface area is 416 Å². The van der Waals surface area contributed by atoms with E-state index in [9.17, 15) is 0 Å². The van der Waals surface area contributed by atoms with Crippen LogP contribution >= 0.6 is 0 Å². The molecule has 14 rings (SSSR count). The molecule has 4 heteroatoms. The Hall–Kier alpha value is -7.82. The van der Waals surface area contributed by atoms with Gasteiger partial charge < -0.3 is 9.47 Å². The molecule has 342 valence electrons. The van der Waals surface area contributed by atoms with Gasteiger partial charge in [0.25, 0.3) is 6.71 Å². The second-order valence-electron chi connectivity index (χ2n) is 21.7. The van der Waals surface area contributed by atoms with E-state index in [1.807, 2.05) is 0 Å². The minimum absolute atomic E-state index is 0.00904. The number of anilines is 6. The highest BCUT2D eigenvalue weighted by Crippen LogP contribution is 2.50. The van der Waals surface area contributed by atoms with Crippen molar-refractivity contribution in [2.24, 2.45) is 7.05 Å². The van der Waals surface area contributed by atoms with Gasteiger partial charge in [-0.15, -0.1) is 0 Å². The molecule has 0 aliphatic carbocycles. The number of hydrogen-bond acceptors (Lipinski definition) is 2. The third-order valence-electron chi connectivity index (χ3n) is 17.4.